The summed E-state index contributed by atoms with van der Waals surface area (Å²) in [6, 6.07) is 13.6. The fourth-order valence-electron chi connectivity index (χ4n) is 3.20. The Morgan fingerprint density at radius 1 is 1.18 bits per heavy atom. The van der Waals surface area contributed by atoms with Gasteiger partial charge in [-0.1, -0.05) is 24.3 Å². The highest BCUT2D eigenvalue weighted by Crippen LogP contribution is 2.21. The molecule has 1 fully saturated rings. The summed E-state index contributed by atoms with van der Waals surface area (Å²) in [5.41, 5.74) is 1.91. The molecule has 5 nitrogen and oxygen atoms in total. The SMILES string of the molecule is COc1ccc(CN(C(=S)NCc2ccc(F)cc2)[C@H]2CCS(=O)(=O)C2)cc1. The minimum absolute atomic E-state index is 0.0987. The van der Waals surface area contributed by atoms with Crippen LogP contribution in [0.1, 0.15) is 17.5 Å². The molecule has 2 aromatic carbocycles. The number of halogens is 1. The molecule has 8 heteroatoms. The Morgan fingerprint density at radius 2 is 1.82 bits per heavy atom. The fraction of sp³-hybridized carbons (Fsp3) is 0.350. The molecule has 0 aromatic heterocycles. The van der Waals surface area contributed by atoms with Crippen LogP contribution in [0, 0.1) is 5.82 Å². The van der Waals surface area contributed by atoms with Crippen molar-refractivity contribution in [3.63, 3.8) is 0 Å². The third kappa shape index (κ3) is 5.42. The van der Waals surface area contributed by atoms with Crippen LogP contribution in [0.25, 0.3) is 0 Å². The minimum Gasteiger partial charge on any atom is -0.497 e. The van der Waals surface area contributed by atoms with Crippen molar-refractivity contribution in [1.29, 1.82) is 0 Å². The number of nitrogens with one attached hydrogen (secondary N) is 1. The van der Waals surface area contributed by atoms with E-state index in [1.54, 1.807) is 19.2 Å². The van der Waals surface area contributed by atoms with Gasteiger partial charge in [0.15, 0.2) is 14.9 Å². The van der Waals surface area contributed by atoms with E-state index in [0.29, 0.717) is 24.6 Å². The van der Waals surface area contributed by atoms with E-state index in [9.17, 15) is 12.8 Å². The number of hydrogen-bond donors (Lipinski definition) is 1. The van der Waals surface area contributed by atoms with Crippen LogP contribution in [-0.4, -0.2) is 43.1 Å². The predicted octanol–water partition coefficient (Wildman–Crippen LogP) is 2.90. The van der Waals surface area contributed by atoms with E-state index < -0.39 is 9.84 Å². The number of rotatable bonds is 6. The largest absolute Gasteiger partial charge is 0.497 e. The lowest BCUT2D eigenvalue weighted by Crippen LogP contribution is -2.45. The fourth-order valence-corrected chi connectivity index (χ4v) is 5.21. The highest BCUT2D eigenvalue weighted by Gasteiger charge is 2.33. The molecule has 1 atom stereocenters. The summed E-state index contributed by atoms with van der Waals surface area (Å²) in [7, 11) is -1.43. The van der Waals surface area contributed by atoms with Gasteiger partial charge in [0.05, 0.1) is 18.6 Å². The predicted molar refractivity (Wildman–Crippen MR) is 111 cm³/mol. The molecule has 0 aliphatic carbocycles. The molecule has 1 heterocycles. The summed E-state index contributed by atoms with van der Waals surface area (Å²) >= 11 is 5.58. The Balaban J connectivity index is 1.72. The average molecular weight is 423 g/mol. The minimum atomic E-state index is -3.04. The Morgan fingerprint density at radius 3 is 2.39 bits per heavy atom. The van der Waals surface area contributed by atoms with Crippen molar-refractivity contribution in [1.82, 2.24) is 10.2 Å². The third-order valence-corrected chi connectivity index (χ3v) is 6.91. The first-order valence-corrected chi connectivity index (χ1v) is 11.2. The first-order chi connectivity index (χ1) is 13.4. The second-order valence-electron chi connectivity index (χ2n) is 6.82. The summed E-state index contributed by atoms with van der Waals surface area (Å²) in [4.78, 5) is 1.94. The van der Waals surface area contributed by atoms with E-state index in [-0.39, 0.29) is 23.4 Å². The first-order valence-electron chi connectivity index (χ1n) is 8.98. The Labute approximate surface area is 170 Å². The van der Waals surface area contributed by atoms with Crippen LogP contribution < -0.4 is 10.1 Å². The monoisotopic (exact) mass is 422 g/mol. The lowest BCUT2D eigenvalue weighted by molar-refractivity contribution is 0.322. The Hall–Kier alpha value is -2.19. The van der Waals surface area contributed by atoms with E-state index in [4.69, 9.17) is 17.0 Å². The van der Waals surface area contributed by atoms with Gasteiger partial charge in [-0.3, -0.25) is 0 Å². The third-order valence-electron chi connectivity index (χ3n) is 4.78. The molecule has 0 saturated carbocycles. The van der Waals surface area contributed by atoms with Crippen LogP contribution in [0.15, 0.2) is 48.5 Å². The van der Waals surface area contributed by atoms with Crippen LogP contribution in [0.2, 0.25) is 0 Å². The molecule has 1 aliphatic rings. The molecule has 150 valence electrons. The zero-order valence-corrected chi connectivity index (χ0v) is 17.2. The second-order valence-corrected chi connectivity index (χ2v) is 9.43. The van der Waals surface area contributed by atoms with Crippen LogP contribution in [0.4, 0.5) is 4.39 Å². The Kier molecular flexibility index (Phi) is 6.51. The van der Waals surface area contributed by atoms with Crippen molar-refractivity contribution < 1.29 is 17.5 Å². The van der Waals surface area contributed by atoms with Gasteiger partial charge in [0.25, 0.3) is 0 Å². The van der Waals surface area contributed by atoms with Gasteiger partial charge in [-0.05, 0) is 54.0 Å². The second kappa shape index (κ2) is 8.87. The van der Waals surface area contributed by atoms with Crippen LogP contribution in [0.3, 0.4) is 0 Å². The number of thiocarbonyl (C=S) groups is 1. The van der Waals surface area contributed by atoms with Gasteiger partial charge >= 0.3 is 0 Å². The van der Waals surface area contributed by atoms with Crippen molar-refractivity contribution in [2.24, 2.45) is 0 Å². The summed E-state index contributed by atoms with van der Waals surface area (Å²) < 4.78 is 42.2. The van der Waals surface area contributed by atoms with Crippen molar-refractivity contribution >= 4 is 27.2 Å². The topological polar surface area (TPSA) is 58.6 Å². The molecule has 1 N–H and O–H groups in total. The molecule has 1 aliphatic heterocycles. The highest BCUT2D eigenvalue weighted by molar-refractivity contribution is 7.91. The number of benzene rings is 2. The Bertz CT molecular complexity index is 915. The molecule has 1 saturated heterocycles. The van der Waals surface area contributed by atoms with E-state index in [2.05, 4.69) is 5.32 Å². The number of ether oxygens (including phenoxy) is 1. The van der Waals surface area contributed by atoms with Crippen molar-refractivity contribution in [2.75, 3.05) is 18.6 Å². The standard InChI is InChI=1S/C20H23FN2O3S2/c1-26-19-8-4-16(5-9-19)13-23(18-10-11-28(24,25)14-18)20(27)22-12-15-2-6-17(21)7-3-15/h2-9,18H,10-14H2,1H3,(H,22,27)/t18-/m0/s1. The highest BCUT2D eigenvalue weighted by atomic mass is 32.2. The van der Waals surface area contributed by atoms with Crippen molar-refractivity contribution in [3.05, 3.63) is 65.5 Å². The van der Waals surface area contributed by atoms with Gasteiger partial charge in [0, 0.05) is 19.1 Å². The quantitative estimate of drug-likeness (QED) is 0.723. The molecule has 0 spiro atoms. The first kappa shape index (κ1) is 20.5. The van der Waals surface area contributed by atoms with Gasteiger partial charge in [-0.2, -0.15) is 0 Å². The van der Waals surface area contributed by atoms with Crippen LogP contribution >= 0.6 is 12.2 Å². The maximum Gasteiger partial charge on any atom is 0.169 e. The summed E-state index contributed by atoms with van der Waals surface area (Å²) in [5, 5.41) is 3.67. The molecule has 3 rings (SSSR count). The molecular formula is C20H23FN2O3S2. The van der Waals surface area contributed by atoms with Crippen molar-refractivity contribution in [2.45, 2.75) is 25.6 Å². The number of sulfone groups is 1. The maximum absolute atomic E-state index is 13.1. The van der Waals surface area contributed by atoms with Gasteiger partial charge in [-0.15, -0.1) is 0 Å². The zero-order chi connectivity index (χ0) is 20.1. The molecular weight excluding hydrogens is 399 g/mol. The normalized spacial score (nSPS) is 17.9. The van der Waals surface area contributed by atoms with Crippen LogP contribution in [-0.2, 0) is 22.9 Å². The maximum atomic E-state index is 13.1. The number of hydrogen-bond acceptors (Lipinski definition) is 4. The molecule has 0 radical (unpaired) electrons. The molecule has 28 heavy (non-hydrogen) atoms. The van der Waals surface area contributed by atoms with Gasteiger partial charge < -0.3 is 15.0 Å². The number of methoxy groups -OCH3 is 1. The molecule has 2 aromatic rings. The average Bonchev–Trinajstić information content (AvgIpc) is 3.05. The van der Waals surface area contributed by atoms with Gasteiger partial charge in [-0.25, -0.2) is 12.8 Å². The van der Waals surface area contributed by atoms with Crippen molar-refractivity contribution in [3.8, 4) is 5.75 Å². The molecule has 0 unspecified atom stereocenters. The van der Waals surface area contributed by atoms with E-state index in [0.717, 1.165) is 16.9 Å². The zero-order valence-electron chi connectivity index (χ0n) is 15.6. The number of nitrogens with zero attached hydrogens (tertiary/aromatic N) is 1. The molecule has 0 bridgehead atoms. The summed E-state index contributed by atoms with van der Waals surface area (Å²) in [6.45, 7) is 0.942. The lowest BCUT2D eigenvalue weighted by Gasteiger charge is -2.31. The van der Waals surface area contributed by atoms with Gasteiger partial charge in [0.2, 0.25) is 0 Å². The van der Waals surface area contributed by atoms with E-state index in [1.807, 2.05) is 29.2 Å². The summed E-state index contributed by atoms with van der Waals surface area (Å²) in [5.74, 6) is 0.748. The van der Waals surface area contributed by atoms with Crippen LogP contribution in [0.5, 0.6) is 5.75 Å². The van der Waals surface area contributed by atoms with E-state index in [1.165, 1.54) is 12.1 Å². The van der Waals surface area contributed by atoms with E-state index >= 15 is 0 Å². The molecule has 0 amide bonds. The van der Waals surface area contributed by atoms with Gasteiger partial charge in [0.1, 0.15) is 11.6 Å². The smallest absolute Gasteiger partial charge is 0.169 e. The lowest BCUT2D eigenvalue weighted by atomic mass is 10.1. The summed E-state index contributed by atoms with van der Waals surface area (Å²) in [6.07, 6.45) is 0.552.